The van der Waals surface area contributed by atoms with Crippen LogP contribution in [0.15, 0.2) is 182 Å². The van der Waals surface area contributed by atoms with Crippen LogP contribution in [0, 0.1) is 0 Å². The van der Waals surface area contributed by atoms with Crippen LogP contribution in [0.2, 0.25) is 0 Å². The first kappa shape index (κ1) is 36.8. The number of anilines is 4. The number of nitrogen functional groups attached to an aromatic ring is 4. The zero-order valence-corrected chi connectivity index (χ0v) is 31.2. The minimum absolute atomic E-state index is 0.205. The van der Waals surface area contributed by atoms with E-state index < -0.39 is 0 Å². The van der Waals surface area contributed by atoms with Crippen LogP contribution in [0.3, 0.4) is 0 Å². The third kappa shape index (κ3) is 8.39. The van der Waals surface area contributed by atoms with E-state index in [9.17, 15) is 4.79 Å². The molecular formula is C49H38N4O5. The third-order valence-corrected chi connectivity index (χ3v) is 9.21. The molecule has 9 nitrogen and oxygen atoms in total. The molecule has 0 saturated heterocycles. The van der Waals surface area contributed by atoms with Crippen LogP contribution in [-0.2, 0) is 0 Å². The Morgan fingerprint density at radius 3 is 1.31 bits per heavy atom. The summed E-state index contributed by atoms with van der Waals surface area (Å²) >= 11 is 0. The second-order valence-electron chi connectivity index (χ2n) is 13.4. The van der Waals surface area contributed by atoms with Crippen molar-refractivity contribution >= 4 is 28.5 Å². The lowest BCUT2D eigenvalue weighted by Crippen LogP contribution is -2.07. The van der Waals surface area contributed by atoms with E-state index in [2.05, 4.69) is 0 Å². The van der Waals surface area contributed by atoms with E-state index in [4.69, 9.17) is 41.9 Å². The molecule has 8 aromatic rings. The van der Waals surface area contributed by atoms with Crippen molar-refractivity contribution in [3.8, 4) is 68.2 Å². The standard InChI is InChI=1S/C49H38N4O5/c50-34-16-24-40(25-17-34)57-48-45(47(54)33-6-2-1-3-7-33)30-44(31-12-20-38(21-13-31)55-42-10-4-8-36(52)28-42)46(49(48)58-41-26-18-35(51)19-27-41)32-14-22-39(23-15-32)56-43-11-5-9-37(53)29-43/h1-30H,50-53H2. The Morgan fingerprint density at radius 1 is 0.362 bits per heavy atom. The summed E-state index contributed by atoms with van der Waals surface area (Å²) in [5.74, 6) is 3.55. The highest BCUT2D eigenvalue weighted by atomic mass is 16.5. The summed E-state index contributed by atoms with van der Waals surface area (Å²) in [7, 11) is 0. The highest BCUT2D eigenvalue weighted by Gasteiger charge is 2.28. The van der Waals surface area contributed by atoms with E-state index in [1.54, 1.807) is 84.9 Å². The fourth-order valence-electron chi connectivity index (χ4n) is 6.39. The first-order valence-electron chi connectivity index (χ1n) is 18.4. The van der Waals surface area contributed by atoms with Crippen molar-refractivity contribution in [3.05, 3.63) is 193 Å². The lowest BCUT2D eigenvalue weighted by molar-refractivity contribution is 0.103. The Morgan fingerprint density at radius 2 is 0.810 bits per heavy atom. The number of ether oxygens (including phenoxy) is 4. The molecule has 58 heavy (non-hydrogen) atoms. The summed E-state index contributed by atoms with van der Waals surface area (Å²) in [6, 6.07) is 54.5. The normalized spacial score (nSPS) is 10.8. The fourth-order valence-corrected chi connectivity index (χ4v) is 6.39. The maximum atomic E-state index is 14.7. The lowest BCUT2D eigenvalue weighted by Gasteiger charge is -2.23. The second-order valence-corrected chi connectivity index (χ2v) is 13.4. The van der Waals surface area contributed by atoms with E-state index >= 15 is 0 Å². The number of ketones is 1. The molecule has 0 spiro atoms. The first-order chi connectivity index (χ1) is 28.3. The Kier molecular flexibility index (Phi) is 10.3. The molecule has 0 aliphatic carbocycles. The van der Waals surface area contributed by atoms with Crippen LogP contribution in [0.5, 0.6) is 46.0 Å². The van der Waals surface area contributed by atoms with Crippen molar-refractivity contribution in [2.75, 3.05) is 22.9 Å². The van der Waals surface area contributed by atoms with Crippen molar-refractivity contribution in [1.29, 1.82) is 0 Å². The smallest absolute Gasteiger partial charge is 0.196 e. The van der Waals surface area contributed by atoms with Gasteiger partial charge in [-0.05, 0) is 120 Å². The van der Waals surface area contributed by atoms with Gasteiger partial charge in [-0.1, -0.05) is 66.7 Å². The van der Waals surface area contributed by atoms with Crippen LogP contribution < -0.4 is 41.9 Å². The molecule has 0 fully saturated rings. The average molecular weight is 763 g/mol. The number of hydrogen-bond acceptors (Lipinski definition) is 9. The van der Waals surface area contributed by atoms with Gasteiger partial charge in [0.25, 0.3) is 0 Å². The molecule has 8 rings (SSSR count). The predicted molar refractivity (Wildman–Crippen MR) is 231 cm³/mol. The van der Waals surface area contributed by atoms with Gasteiger partial charge in [0.1, 0.15) is 34.5 Å². The summed E-state index contributed by atoms with van der Waals surface area (Å²) in [6.45, 7) is 0. The molecule has 0 heterocycles. The molecule has 0 radical (unpaired) electrons. The SMILES string of the molecule is Nc1ccc(Oc2c(C(=O)c3ccccc3)cc(-c3ccc(Oc4cccc(N)c4)cc3)c(-c3ccc(Oc4cccc(N)c4)cc3)c2Oc2ccc(N)cc2)cc1. The van der Waals surface area contributed by atoms with Gasteiger partial charge in [0.15, 0.2) is 17.3 Å². The summed E-state index contributed by atoms with van der Waals surface area (Å²) in [5.41, 5.74) is 30.1. The zero-order chi connectivity index (χ0) is 40.0. The van der Waals surface area contributed by atoms with Crippen molar-refractivity contribution < 1.29 is 23.7 Å². The summed E-state index contributed by atoms with van der Waals surface area (Å²) < 4.78 is 25.9. The van der Waals surface area contributed by atoms with Crippen LogP contribution in [0.4, 0.5) is 22.7 Å². The molecule has 0 amide bonds. The van der Waals surface area contributed by atoms with Gasteiger partial charge >= 0.3 is 0 Å². The van der Waals surface area contributed by atoms with Gasteiger partial charge in [0.05, 0.1) is 5.56 Å². The molecule has 0 aromatic heterocycles. The van der Waals surface area contributed by atoms with Gasteiger partial charge in [0, 0.05) is 46.0 Å². The van der Waals surface area contributed by atoms with Gasteiger partial charge in [-0.25, -0.2) is 0 Å². The molecule has 0 saturated carbocycles. The first-order valence-corrected chi connectivity index (χ1v) is 18.4. The summed E-state index contributed by atoms with van der Waals surface area (Å²) in [5, 5.41) is 0. The number of benzene rings is 8. The molecule has 8 N–H and O–H groups in total. The summed E-state index contributed by atoms with van der Waals surface area (Å²) in [4.78, 5) is 14.7. The molecule has 0 bridgehead atoms. The van der Waals surface area contributed by atoms with E-state index in [0.717, 1.165) is 11.1 Å². The minimum atomic E-state index is -0.270. The van der Waals surface area contributed by atoms with Crippen LogP contribution >= 0.6 is 0 Å². The monoisotopic (exact) mass is 762 g/mol. The quantitative estimate of drug-likeness (QED) is 0.0702. The van der Waals surface area contributed by atoms with Crippen molar-refractivity contribution in [3.63, 3.8) is 0 Å². The van der Waals surface area contributed by atoms with Crippen LogP contribution in [-0.4, -0.2) is 5.78 Å². The van der Waals surface area contributed by atoms with Gasteiger partial charge in [-0.15, -0.1) is 0 Å². The van der Waals surface area contributed by atoms with Crippen LogP contribution in [0.1, 0.15) is 15.9 Å². The molecular weight excluding hydrogens is 725 g/mol. The molecule has 0 aliphatic rings. The third-order valence-electron chi connectivity index (χ3n) is 9.21. The van der Waals surface area contributed by atoms with Crippen molar-refractivity contribution in [1.82, 2.24) is 0 Å². The molecule has 9 heteroatoms. The Bertz CT molecular complexity index is 2700. The number of nitrogens with two attached hydrogens (primary N) is 4. The molecule has 284 valence electrons. The minimum Gasteiger partial charge on any atom is -0.457 e. The molecule has 0 atom stereocenters. The maximum Gasteiger partial charge on any atom is 0.196 e. The number of carbonyl (C=O) groups is 1. The Hall–Kier alpha value is -8.17. The van der Waals surface area contributed by atoms with E-state index in [1.807, 2.05) is 97.1 Å². The van der Waals surface area contributed by atoms with Gasteiger partial charge in [0.2, 0.25) is 0 Å². The Labute approximate surface area is 335 Å². The topological polar surface area (TPSA) is 158 Å². The number of hydrogen-bond donors (Lipinski definition) is 4. The van der Waals surface area contributed by atoms with Crippen molar-refractivity contribution in [2.24, 2.45) is 0 Å². The fraction of sp³-hybridized carbons (Fsp3) is 0. The highest BCUT2D eigenvalue weighted by molar-refractivity contribution is 6.13. The second kappa shape index (κ2) is 16.3. The van der Waals surface area contributed by atoms with Crippen molar-refractivity contribution in [2.45, 2.75) is 0 Å². The van der Waals surface area contributed by atoms with Gasteiger partial charge < -0.3 is 41.9 Å². The number of carbonyl (C=O) groups excluding carboxylic acids is 1. The van der Waals surface area contributed by atoms with E-state index in [-0.39, 0.29) is 17.1 Å². The van der Waals surface area contributed by atoms with E-state index in [1.165, 1.54) is 0 Å². The summed E-state index contributed by atoms with van der Waals surface area (Å²) in [6.07, 6.45) is 0. The Balaban J connectivity index is 1.35. The molecule has 8 aromatic carbocycles. The van der Waals surface area contributed by atoms with Gasteiger partial charge in [-0.3, -0.25) is 4.79 Å². The molecule has 0 unspecified atom stereocenters. The van der Waals surface area contributed by atoms with Gasteiger partial charge in [-0.2, -0.15) is 0 Å². The number of rotatable bonds is 12. The predicted octanol–water partition coefficient (Wildman–Crippen LogP) is 11.7. The molecule has 0 aliphatic heterocycles. The largest absolute Gasteiger partial charge is 0.457 e. The maximum absolute atomic E-state index is 14.7. The lowest BCUT2D eigenvalue weighted by atomic mass is 9.89. The zero-order valence-electron chi connectivity index (χ0n) is 31.2. The van der Waals surface area contributed by atoms with Crippen LogP contribution in [0.25, 0.3) is 22.3 Å². The van der Waals surface area contributed by atoms with E-state index in [0.29, 0.717) is 79.7 Å². The highest BCUT2D eigenvalue weighted by Crippen LogP contribution is 2.51. The average Bonchev–Trinajstić information content (AvgIpc) is 3.23.